The number of aryl methyl sites for hydroxylation is 1. The van der Waals surface area contributed by atoms with Crippen LogP contribution in [0.25, 0.3) is 11.5 Å². The lowest BCUT2D eigenvalue weighted by Gasteiger charge is -2.24. The Morgan fingerprint density at radius 1 is 1.28 bits per heavy atom. The van der Waals surface area contributed by atoms with Gasteiger partial charge >= 0.3 is 0 Å². The fourth-order valence-electron chi connectivity index (χ4n) is 3.63. The minimum Gasteiger partial charge on any atom is -0.441 e. The number of fused-ring (bicyclic) bond motifs is 2. The summed E-state index contributed by atoms with van der Waals surface area (Å²) in [5.41, 5.74) is 4.45. The van der Waals surface area contributed by atoms with Crippen LogP contribution in [0.1, 0.15) is 39.6 Å². The Labute approximate surface area is 144 Å². The summed E-state index contributed by atoms with van der Waals surface area (Å²) in [4.78, 5) is 23.4. The number of aromatic nitrogens is 4. The van der Waals surface area contributed by atoms with Crippen LogP contribution in [-0.4, -0.2) is 37.5 Å². The van der Waals surface area contributed by atoms with Crippen LogP contribution in [0.4, 0.5) is 0 Å². The molecule has 1 amide bonds. The van der Waals surface area contributed by atoms with Crippen molar-refractivity contribution in [3.63, 3.8) is 0 Å². The second kappa shape index (κ2) is 5.54. The zero-order valence-corrected chi connectivity index (χ0v) is 13.7. The molecule has 1 aliphatic carbocycles. The van der Waals surface area contributed by atoms with E-state index >= 15 is 0 Å². The molecule has 1 aliphatic heterocycles. The van der Waals surface area contributed by atoms with E-state index in [0.29, 0.717) is 31.1 Å². The number of carbonyl (C=O) groups excluding carboxylic acids is 1. The van der Waals surface area contributed by atoms with Gasteiger partial charge < -0.3 is 9.32 Å². The maximum Gasteiger partial charge on any atom is 0.275 e. The average molecular weight is 335 g/mol. The number of rotatable bonds is 2. The van der Waals surface area contributed by atoms with E-state index in [2.05, 4.69) is 20.2 Å². The van der Waals surface area contributed by atoms with Crippen molar-refractivity contribution in [3.8, 4) is 11.5 Å². The summed E-state index contributed by atoms with van der Waals surface area (Å²) in [7, 11) is 0. The second-order valence-corrected chi connectivity index (χ2v) is 6.49. The highest BCUT2D eigenvalue weighted by Crippen LogP contribution is 2.28. The Morgan fingerprint density at radius 3 is 3.12 bits per heavy atom. The molecular weight excluding hydrogens is 318 g/mol. The van der Waals surface area contributed by atoms with E-state index < -0.39 is 0 Å². The average Bonchev–Trinajstić information content (AvgIpc) is 3.36. The minimum absolute atomic E-state index is 0.0176. The van der Waals surface area contributed by atoms with Crippen LogP contribution in [0.5, 0.6) is 0 Å². The fraction of sp³-hybridized carbons (Fsp3) is 0.333. The number of carbonyl (C=O) groups is 1. The summed E-state index contributed by atoms with van der Waals surface area (Å²) >= 11 is 0. The molecule has 3 aromatic rings. The van der Waals surface area contributed by atoms with Gasteiger partial charge in [-0.05, 0) is 31.4 Å². The van der Waals surface area contributed by atoms with Crippen LogP contribution in [0, 0.1) is 0 Å². The number of H-pyrrole nitrogens is 1. The third-order valence-electron chi connectivity index (χ3n) is 4.93. The van der Waals surface area contributed by atoms with Crippen LogP contribution in [0.3, 0.4) is 0 Å². The molecule has 0 aromatic carbocycles. The molecular formula is C18H17N5O2. The lowest BCUT2D eigenvalue weighted by molar-refractivity contribution is 0.0721. The first kappa shape index (κ1) is 14.4. The van der Waals surface area contributed by atoms with Gasteiger partial charge in [0.2, 0.25) is 5.89 Å². The van der Waals surface area contributed by atoms with Crippen LogP contribution in [0.2, 0.25) is 0 Å². The molecule has 0 spiro atoms. The minimum atomic E-state index is -0.0176. The lowest BCUT2D eigenvalue weighted by Crippen LogP contribution is -2.36. The molecule has 0 atom stereocenters. The zero-order valence-electron chi connectivity index (χ0n) is 13.7. The largest absolute Gasteiger partial charge is 0.441 e. The molecule has 126 valence electrons. The molecule has 0 saturated carbocycles. The molecule has 3 aromatic heterocycles. The van der Waals surface area contributed by atoms with Crippen molar-refractivity contribution in [3.05, 3.63) is 52.9 Å². The summed E-state index contributed by atoms with van der Waals surface area (Å²) in [6.45, 7) is 1.08. The van der Waals surface area contributed by atoms with E-state index in [1.165, 1.54) is 0 Å². The van der Waals surface area contributed by atoms with Gasteiger partial charge in [-0.15, -0.1) is 0 Å². The van der Waals surface area contributed by atoms with E-state index in [1.54, 1.807) is 12.4 Å². The first-order valence-electron chi connectivity index (χ1n) is 8.54. The molecule has 0 unspecified atom stereocenters. The van der Waals surface area contributed by atoms with Gasteiger partial charge in [0.25, 0.3) is 5.91 Å². The molecule has 4 heterocycles. The standard InChI is InChI=1S/C18H17N5O2/c24-18(16-12-4-1-5-13(12)21-22-16)23-8-6-15-14(10-23)20-17(25-15)11-3-2-7-19-9-11/h2-3,7,9H,1,4-6,8,10H2,(H,21,22). The molecule has 0 radical (unpaired) electrons. The highest BCUT2D eigenvalue weighted by Gasteiger charge is 2.30. The number of nitrogens with one attached hydrogen (secondary N) is 1. The summed E-state index contributed by atoms with van der Waals surface area (Å²) in [5, 5.41) is 7.27. The molecule has 0 saturated heterocycles. The van der Waals surface area contributed by atoms with Crippen molar-refractivity contribution in [1.29, 1.82) is 0 Å². The van der Waals surface area contributed by atoms with Crippen molar-refractivity contribution < 1.29 is 9.21 Å². The van der Waals surface area contributed by atoms with Crippen molar-refractivity contribution in [2.75, 3.05) is 6.54 Å². The molecule has 25 heavy (non-hydrogen) atoms. The summed E-state index contributed by atoms with van der Waals surface area (Å²) in [6.07, 6.45) is 7.12. The maximum absolute atomic E-state index is 12.9. The molecule has 5 rings (SSSR count). The number of amides is 1. The third-order valence-corrected chi connectivity index (χ3v) is 4.93. The first-order chi connectivity index (χ1) is 12.3. The first-order valence-corrected chi connectivity index (χ1v) is 8.54. The van der Waals surface area contributed by atoms with Crippen LogP contribution in [-0.2, 0) is 25.8 Å². The Morgan fingerprint density at radius 2 is 2.24 bits per heavy atom. The number of aromatic amines is 1. The fourth-order valence-corrected chi connectivity index (χ4v) is 3.63. The normalized spacial score (nSPS) is 15.9. The van der Waals surface area contributed by atoms with Crippen molar-refractivity contribution >= 4 is 5.91 Å². The van der Waals surface area contributed by atoms with Crippen LogP contribution >= 0.6 is 0 Å². The number of nitrogens with zero attached hydrogens (tertiary/aromatic N) is 4. The molecule has 0 bridgehead atoms. The van der Waals surface area contributed by atoms with E-state index in [9.17, 15) is 4.79 Å². The highest BCUT2D eigenvalue weighted by molar-refractivity contribution is 5.94. The maximum atomic E-state index is 12.9. The highest BCUT2D eigenvalue weighted by atomic mass is 16.4. The Bertz CT molecular complexity index is 944. The predicted octanol–water partition coefficient (Wildman–Crippen LogP) is 2.15. The van der Waals surface area contributed by atoms with Gasteiger partial charge in [-0.2, -0.15) is 5.10 Å². The quantitative estimate of drug-likeness (QED) is 0.775. The smallest absolute Gasteiger partial charge is 0.275 e. The van der Waals surface area contributed by atoms with Gasteiger partial charge in [0.1, 0.15) is 11.5 Å². The van der Waals surface area contributed by atoms with Gasteiger partial charge in [0.15, 0.2) is 5.69 Å². The third kappa shape index (κ3) is 2.34. The summed E-state index contributed by atoms with van der Waals surface area (Å²) < 4.78 is 5.87. The lowest BCUT2D eigenvalue weighted by atomic mass is 10.1. The number of pyridine rings is 1. The monoisotopic (exact) mass is 335 g/mol. The summed E-state index contributed by atoms with van der Waals surface area (Å²) in [6, 6.07) is 3.77. The number of hydrogen-bond donors (Lipinski definition) is 1. The Kier molecular flexibility index (Phi) is 3.19. The molecule has 7 nitrogen and oxygen atoms in total. The number of oxazole rings is 1. The van der Waals surface area contributed by atoms with Crippen LogP contribution < -0.4 is 0 Å². The van der Waals surface area contributed by atoms with Crippen molar-refractivity contribution in [2.45, 2.75) is 32.2 Å². The Hall–Kier alpha value is -2.96. The van der Waals surface area contributed by atoms with Gasteiger partial charge in [0, 0.05) is 36.6 Å². The number of hydrogen-bond acceptors (Lipinski definition) is 5. The van der Waals surface area contributed by atoms with Crippen LogP contribution in [0.15, 0.2) is 28.9 Å². The molecule has 2 aliphatic rings. The van der Waals surface area contributed by atoms with E-state index in [0.717, 1.165) is 47.5 Å². The molecule has 0 fully saturated rings. The van der Waals surface area contributed by atoms with Gasteiger partial charge in [-0.1, -0.05) is 0 Å². The predicted molar refractivity (Wildman–Crippen MR) is 88.8 cm³/mol. The van der Waals surface area contributed by atoms with Gasteiger partial charge in [-0.3, -0.25) is 14.9 Å². The zero-order chi connectivity index (χ0) is 16.8. The summed E-state index contributed by atoms with van der Waals surface area (Å²) in [5.74, 6) is 1.40. The Balaban J connectivity index is 1.41. The van der Waals surface area contributed by atoms with E-state index in [1.807, 2.05) is 17.0 Å². The van der Waals surface area contributed by atoms with E-state index in [4.69, 9.17) is 4.42 Å². The topological polar surface area (TPSA) is 87.9 Å². The van der Waals surface area contributed by atoms with Gasteiger partial charge in [-0.25, -0.2) is 4.98 Å². The van der Waals surface area contributed by atoms with Crippen molar-refractivity contribution in [1.82, 2.24) is 25.1 Å². The van der Waals surface area contributed by atoms with Crippen molar-refractivity contribution in [2.24, 2.45) is 0 Å². The molecule has 1 N–H and O–H groups in total. The van der Waals surface area contributed by atoms with E-state index in [-0.39, 0.29) is 5.91 Å². The van der Waals surface area contributed by atoms with Gasteiger partial charge in [0.05, 0.1) is 12.1 Å². The molecule has 7 heteroatoms. The SMILES string of the molecule is O=C(c1n[nH]c2c1CCC2)N1CCc2oc(-c3cccnc3)nc2C1. The second-order valence-electron chi connectivity index (χ2n) is 6.49.